The number of hydrogen-bond donors (Lipinski definition) is 2. The minimum absolute atomic E-state index is 0.0649. The van der Waals surface area contributed by atoms with Crippen molar-refractivity contribution in [1.29, 1.82) is 0 Å². The average molecular weight is 415 g/mol. The summed E-state index contributed by atoms with van der Waals surface area (Å²) in [5.41, 5.74) is 0.543. The van der Waals surface area contributed by atoms with Gasteiger partial charge in [0.1, 0.15) is 5.54 Å². The van der Waals surface area contributed by atoms with Crippen LogP contribution in [0.5, 0.6) is 0 Å². The number of benzene rings is 1. The van der Waals surface area contributed by atoms with Crippen molar-refractivity contribution in [2.45, 2.75) is 50.3 Å². The molecule has 2 saturated heterocycles. The highest BCUT2D eigenvalue weighted by Crippen LogP contribution is 2.35. The van der Waals surface area contributed by atoms with Crippen molar-refractivity contribution in [3.8, 4) is 0 Å². The molecule has 8 heteroatoms. The molecule has 4 amide bonds. The Morgan fingerprint density at radius 1 is 1.20 bits per heavy atom. The number of ether oxygens (including phenoxy) is 1. The Balaban J connectivity index is 1.19. The first kappa shape index (κ1) is 20.8. The van der Waals surface area contributed by atoms with E-state index >= 15 is 0 Å². The number of morpholine rings is 1. The van der Waals surface area contributed by atoms with Crippen molar-refractivity contribution in [2.75, 3.05) is 32.8 Å². The maximum atomic E-state index is 12.6. The van der Waals surface area contributed by atoms with Gasteiger partial charge in [0.2, 0.25) is 5.91 Å². The lowest BCUT2D eigenvalue weighted by Crippen LogP contribution is -2.47. The molecule has 3 fully saturated rings. The van der Waals surface area contributed by atoms with Gasteiger partial charge in [-0.05, 0) is 18.4 Å². The summed E-state index contributed by atoms with van der Waals surface area (Å²) in [7, 11) is 0. The van der Waals surface area contributed by atoms with Crippen LogP contribution in [0.2, 0.25) is 0 Å². The second-order valence-corrected chi connectivity index (χ2v) is 8.44. The maximum absolute atomic E-state index is 12.6. The third kappa shape index (κ3) is 4.65. The SMILES string of the molecule is O=C(CCN1C(=O)NC2(CCCC2)C1=O)NCC1CN(Cc2ccccc2)CCO1. The fraction of sp³-hybridized carbons (Fsp3) is 0.591. The van der Waals surface area contributed by atoms with Gasteiger partial charge in [0, 0.05) is 39.1 Å². The zero-order chi connectivity index (χ0) is 21.0. The molecule has 30 heavy (non-hydrogen) atoms. The molecule has 1 unspecified atom stereocenters. The molecule has 1 spiro atoms. The van der Waals surface area contributed by atoms with Gasteiger partial charge in [0.25, 0.3) is 5.91 Å². The summed E-state index contributed by atoms with van der Waals surface area (Å²) in [5, 5.41) is 5.73. The number of hydrogen-bond acceptors (Lipinski definition) is 5. The number of rotatable bonds is 7. The second kappa shape index (κ2) is 9.14. The van der Waals surface area contributed by atoms with Crippen LogP contribution in [0.4, 0.5) is 4.79 Å². The summed E-state index contributed by atoms with van der Waals surface area (Å²) in [6, 6.07) is 9.92. The summed E-state index contributed by atoms with van der Waals surface area (Å²) in [6.07, 6.45) is 3.32. The summed E-state index contributed by atoms with van der Waals surface area (Å²) in [5.74, 6) is -0.350. The van der Waals surface area contributed by atoms with Crippen LogP contribution in [0.15, 0.2) is 30.3 Å². The van der Waals surface area contributed by atoms with Gasteiger partial charge in [0.05, 0.1) is 12.7 Å². The van der Waals surface area contributed by atoms with E-state index in [-0.39, 0.29) is 36.9 Å². The number of amides is 4. The molecular formula is C22H30N4O4. The van der Waals surface area contributed by atoms with Crippen LogP contribution in [0.3, 0.4) is 0 Å². The molecule has 0 bridgehead atoms. The molecule has 1 aromatic carbocycles. The standard InChI is InChI=1S/C22H30N4O4/c27-19(8-11-26-20(28)22(24-21(26)29)9-4-5-10-22)23-14-18-16-25(12-13-30-18)15-17-6-2-1-3-7-17/h1-3,6-7,18H,4-5,8-16H2,(H,23,27)(H,24,29). The van der Waals surface area contributed by atoms with Gasteiger partial charge < -0.3 is 15.4 Å². The molecule has 8 nitrogen and oxygen atoms in total. The number of carbonyl (C=O) groups is 3. The zero-order valence-electron chi connectivity index (χ0n) is 17.3. The highest BCUT2D eigenvalue weighted by atomic mass is 16.5. The molecule has 1 atom stereocenters. The number of carbonyl (C=O) groups excluding carboxylic acids is 3. The molecule has 3 aliphatic rings. The van der Waals surface area contributed by atoms with Crippen LogP contribution >= 0.6 is 0 Å². The fourth-order valence-corrected chi connectivity index (χ4v) is 4.62. The minimum Gasteiger partial charge on any atom is -0.374 e. The molecule has 2 N–H and O–H groups in total. The smallest absolute Gasteiger partial charge is 0.325 e. The van der Waals surface area contributed by atoms with Gasteiger partial charge >= 0.3 is 6.03 Å². The van der Waals surface area contributed by atoms with Gasteiger partial charge in [-0.3, -0.25) is 19.4 Å². The monoisotopic (exact) mass is 414 g/mol. The number of nitrogens with zero attached hydrogens (tertiary/aromatic N) is 2. The van der Waals surface area contributed by atoms with Gasteiger partial charge in [-0.2, -0.15) is 0 Å². The lowest BCUT2D eigenvalue weighted by atomic mass is 9.98. The van der Waals surface area contributed by atoms with E-state index in [0.29, 0.717) is 26.0 Å². The second-order valence-electron chi connectivity index (χ2n) is 8.44. The van der Waals surface area contributed by atoms with Crippen LogP contribution in [0.25, 0.3) is 0 Å². The van der Waals surface area contributed by atoms with E-state index in [9.17, 15) is 14.4 Å². The normalized spacial score (nSPS) is 23.7. The topological polar surface area (TPSA) is 91.0 Å². The Morgan fingerprint density at radius 2 is 1.97 bits per heavy atom. The Hall–Kier alpha value is -2.45. The van der Waals surface area contributed by atoms with Crippen LogP contribution in [-0.4, -0.2) is 72.1 Å². The van der Waals surface area contributed by atoms with Gasteiger partial charge in [-0.25, -0.2) is 4.79 Å². The number of nitrogens with one attached hydrogen (secondary N) is 2. The molecule has 162 valence electrons. The highest BCUT2D eigenvalue weighted by Gasteiger charge is 2.52. The predicted octanol–water partition coefficient (Wildman–Crippen LogP) is 1.26. The van der Waals surface area contributed by atoms with E-state index in [0.717, 1.165) is 32.5 Å². The average Bonchev–Trinajstić information content (AvgIpc) is 3.31. The van der Waals surface area contributed by atoms with Gasteiger partial charge in [-0.1, -0.05) is 43.2 Å². The first-order valence-corrected chi connectivity index (χ1v) is 10.8. The largest absolute Gasteiger partial charge is 0.374 e. The molecule has 2 aliphatic heterocycles. The molecule has 4 rings (SSSR count). The third-order valence-corrected chi connectivity index (χ3v) is 6.26. The lowest BCUT2D eigenvalue weighted by molar-refractivity contribution is -0.131. The molecule has 0 aromatic heterocycles. The highest BCUT2D eigenvalue weighted by molar-refractivity contribution is 6.07. The van der Waals surface area contributed by atoms with Crippen molar-refractivity contribution >= 4 is 17.8 Å². The van der Waals surface area contributed by atoms with E-state index in [1.165, 1.54) is 10.5 Å². The third-order valence-electron chi connectivity index (χ3n) is 6.26. The first-order chi connectivity index (χ1) is 14.6. The van der Waals surface area contributed by atoms with Gasteiger partial charge in [-0.15, -0.1) is 0 Å². The Morgan fingerprint density at radius 3 is 2.73 bits per heavy atom. The van der Waals surface area contributed by atoms with Crippen molar-refractivity contribution in [3.05, 3.63) is 35.9 Å². The van der Waals surface area contributed by atoms with Crippen molar-refractivity contribution in [1.82, 2.24) is 20.4 Å². The summed E-state index contributed by atoms with van der Waals surface area (Å²) < 4.78 is 5.79. The van der Waals surface area contributed by atoms with Gasteiger partial charge in [0.15, 0.2) is 0 Å². The molecule has 0 radical (unpaired) electrons. The molecule has 1 aliphatic carbocycles. The number of imide groups is 1. The quantitative estimate of drug-likeness (QED) is 0.656. The lowest BCUT2D eigenvalue weighted by Gasteiger charge is -2.33. The van der Waals surface area contributed by atoms with Crippen LogP contribution in [0, 0.1) is 0 Å². The molecular weight excluding hydrogens is 384 g/mol. The van der Waals surface area contributed by atoms with E-state index in [4.69, 9.17) is 4.74 Å². The molecule has 2 heterocycles. The Kier molecular flexibility index (Phi) is 6.34. The fourth-order valence-electron chi connectivity index (χ4n) is 4.62. The van der Waals surface area contributed by atoms with Crippen LogP contribution in [0.1, 0.15) is 37.7 Å². The van der Waals surface area contributed by atoms with Crippen molar-refractivity contribution < 1.29 is 19.1 Å². The van der Waals surface area contributed by atoms with Crippen LogP contribution < -0.4 is 10.6 Å². The number of urea groups is 1. The van der Waals surface area contributed by atoms with E-state index in [1.807, 2.05) is 18.2 Å². The summed E-state index contributed by atoms with van der Waals surface area (Å²) in [6.45, 7) is 3.66. The summed E-state index contributed by atoms with van der Waals surface area (Å²) in [4.78, 5) is 40.6. The maximum Gasteiger partial charge on any atom is 0.325 e. The Bertz CT molecular complexity index is 779. The van der Waals surface area contributed by atoms with E-state index in [1.54, 1.807) is 0 Å². The predicted molar refractivity (Wildman–Crippen MR) is 111 cm³/mol. The first-order valence-electron chi connectivity index (χ1n) is 10.8. The van der Waals surface area contributed by atoms with E-state index < -0.39 is 5.54 Å². The summed E-state index contributed by atoms with van der Waals surface area (Å²) >= 11 is 0. The Labute approximate surface area is 176 Å². The molecule has 1 saturated carbocycles. The van der Waals surface area contributed by atoms with E-state index in [2.05, 4.69) is 27.7 Å². The zero-order valence-corrected chi connectivity index (χ0v) is 17.3. The van der Waals surface area contributed by atoms with Crippen LogP contribution in [-0.2, 0) is 20.9 Å². The van der Waals surface area contributed by atoms with Crippen molar-refractivity contribution in [3.63, 3.8) is 0 Å². The molecule has 1 aromatic rings. The minimum atomic E-state index is -0.717. The van der Waals surface area contributed by atoms with Crippen molar-refractivity contribution in [2.24, 2.45) is 0 Å².